The molecule has 0 amide bonds. The molecule has 0 aliphatic carbocycles. The van der Waals surface area contributed by atoms with Gasteiger partial charge in [-0.05, 0) is 6.26 Å². The van der Waals surface area contributed by atoms with E-state index in [2.05, 4.69) is 0 Å². The van der Waals surface area contributed by atoms with Gasteiger partial charge >= 0.3 is 5.97 Å². The summed E-state index contributed by atoms with van der Waals surface area (Å²) in [4.78, 5) is 20.6. The Morgan fingerprint density at radius 2 is 2.36 bits per heavy atom. The van der Waals surface area contributed by atoms with Gasteiger partial charge in [-0.25, -0.2) is 0 Å². The maximum absolute atomic E-state index is 10.3. The van der Waals surface area contributed by atoms with Gasteiger partial charge in [0.1, 0.15) is 12.3 Å². The number of carbonyl (C=O) groups excluding carboxylic acids is 1. The third-order valence-electron chi connectivity index (χ3n) is 1.28. The van der Waals surface area contributed by atoms with Gasteiger partial charge in [-0.2, -0.15) is 11.8 Å². The minimum Gasteiger partial charge on any atom is -0.480 e. The first-order valence-corrected chi connectivity index (χ1v) is 4.45. The van der Waals surface area contributed by atoms with E-state index in [1.54, 1.807) is 6.26 Å². The van der Waals surface area contributed by atoms with Crippen LogP contribution < -0.4 is 5.73 Å². The highest BCUT2D eigenvalue weighted by molar-refractivity contribution is 7.98. The number of aldehydes is 1. The highest BCUT2D eigenvalue weighted by atomic mass is 32.2. The molecule has 0 aromatic rings. The van der Waals surface area contributed by atoms with Crippen molar-refractivity contribution in [1.29, 1.82) is 0 Å². The Labute approximate surface area is 69.1 Å². The predicted molar refractivity (Wildman–Crippen MR) is 43.5 cm³/mol. The van der Waals surface area contributed by atoms with E-state index in [0.717, 1.165) is 0 Å². The van der Waals surface area contributed by atoms with Gasteiger partial charge < -0.3 is 15.6 Å². The van der Waals surface area contributed by atoms with Crippen LogP contribution in [0.4, 0.5) is 0 Å². The highest BCUT2D eigenvalue weighted by Gasteiger charge is 2.22. The number of carboxylic acids is 1. The molecular formula is C6H11NO3S. The molecule has 0 radical (unpaired) electrons. The SMILES string of the molecule is CSC[C@H](C=O)[C@H](N)C(=O)O. The van der Waals surface area contributed by atoms with E-state index in [0.29, 0.717) is 12.0 Å². The van der Waals surface area contributed by atoms with Crippen LogP contribution in [0.5, 0.6) is 0 Å². The monoisotopic (exact) mass is 177 g/mol. The zero-order chi connectivity index (χ0) is 8.85. The Morgan fingerprint density at radius 1 is 1.82 bits per heavy atom. The lowest BCUT2D eigenvalue weighted by Gasteiger charge is -2.12. The van der Waals surface area contributed by atoms with Gasteiger partial charge in [0.25, 0.3) is 0 Å². The van der Waals surface area contributed by atoms with Crippen LogP contribution in [-0.4, -0.2) is 35.4 Å². The lowest BCUT2D eigenvalue weighted by Crippen LogP contribution is -2.39. The molecule has 0 aromatic heterocycles. The zero-order valence-electron chi connectivity index (χ0n) is 6.19. The van der Waals surface area contributed by atoms with Gasteiger partial charge in [-0.3, -0.25) is 4.79 Å². The number of carbonyl (C=O) groups is 2. The van der Waals surface area contributed by atoms with Gasteiger partial charge in [-0.1, -0.05) is 0 Å². The number of hydrogen-bond donors (Lipinski definition) is 2. The lowest BCUT2D eigenvalue weighted by molar-refractivity contribution is -0.140. The van der Waals surface area contributed by atoms with E-state index < -0.39 is 17.9 Å². The predicted octanol–water partition coefficient (Wildman–Crippen LogP) is -0.424. The Kier molecular flexibility index (Phi) is 4.89. The first kappa shape index (κ1) is 10.4. The number of aliphatic carboxylic acids is 1. The van der Waals surface area contributed by atoms with E-state index in [1.165, 1.54) is 11.8 Å². The average molecular weight is 177 g/mol. The fourth-order valence-electron chi connectivity index (χ4n) is 0.603. The molecule has 0 spiro atoms. The summed E-state index contributed by atoms with van der Waals surface area (Å²) in [6, 6.07) is -1.07. The van der Waals surface area contributed by atoms with Crippen molar-refractivity contribution in [2.45, 2.75) is 6.04 Å². The van der Waals surface area contributed by atoms with Crippen molar-refractivity contribution in [3.8, 4) is 0 Å². The number of hydrogen-bond acceptors (Lipinski definition) is 4. The van der Waals surface area contributed by atoms with Crippen molar-refractivity contribution in [3.05, 3.63) is 0 Å². The second-order valence-corrected chi connectivity index (χ2v) is 3.03. The molecule has 4 nitrogen and oxygen atoms in total. The van der Waals surface area contributed by atoms with Crippen LogP contribution in [0.1, 0.15) is 0 Å². The molecule has 0 aliphatic rings. The van der Waals surface area contributed by atoms with Crippen LogP contribution >= 0.6 is 11.8 Å². The molecule has 5 heteroatoms. The smallest absolute Gasteiger partial charge is 0.321 e. The Bertz CT molecular complexity index is 151. The maximum Gasteiger partial charge on any atom is 0.321 e. The summed E-state index contributed by atoms with van der Waals surface area (Å²) < 4.78 is 0. The molecule has 0 rings (SSSR count). The third kappa shape index (κ3) is 3.38. The van der Waals surface area contributed by atoms with E-state index in [4.69, 9.17) is 10.8 Å². The van der Waals surface area contributed by atoms with Crippen LogP contribution in [-0.2, 0) is 9.59 Å². The Balaban J connectivity index is 4.01. The minimum atomic E-state index is -1.13. The lowest BCUT2D eigenvalue weighted by atomic mass is 10.1. The second-order valence-electron chi connectivity index (χ2n) is 2.12. The van der Waals surface area contributed by atoms with Crippen molar-refractivity contribution < 1.29 is 14.7 Å². The van der Waals surface area contributed by atoms with E-state index >= 15 is 0 Å². The van der Waals surface area contributed by atoms with Gasteiger partial charge in [0.15, 0.2) is 0 Å². The maximum atomic E-state index is 10.3. The number of carboxylic acid groups (broad SMARTS) is 1. The molecular weight excluding hydrogens is 166 g/mol. The summed E-state index contributed by atoms with van der Waals surface area (Å²) in [5.41, 5.74) is 5.21. The van der Waals surface area contributed by atoms with Gasteiger partial charge in [0, 0.05) is 11.7 Å². The Morgan fingerprint density at radius 3 is 2.64 bits per heavy atom. The molecule has 0 aromatic carbocycles. The molecule has 0 aliphatic heterocycles. The van der Waals surface area contributed by atoms with Crippen LogP contribution in [0.2, 0.25) is 0 Å². The summed E-state index contributed by atoms with van der Waals surface area (Å²) in [7, 11) is 0. The molecule has 0 heterocycles. The van der Waals surface area contributed by atoms with E-state index in [1.807, 2.05) is 0 Å². The third-order valence-corrected chi connectivity index (χ3v) is 2.00. The van der Waals surface area contributed by atoms with Gasteiger partial charge in [-0.15, -0.1) is 0 Å². The van der Waals surface area contributed by atoms with E-state index in [9.17, 15) is 9.59 Å². The number of rotatable bonds is 5. The Hall–Kier alpha value is -0.550. The fourth-order valence-corrected chi connectivity index (χ4v) is 1.27. The standard InChI is InChI=1S/C6H11NO3S/c1-11-3-4(2-8)5(7)6(9)10/h2,4-5H,3,7H2,1H3,(H,9,10)/t4-,5-/m0/s1. The van der Waals surface area contributed by atoms with Crippen molar-refractivity contribution >= 4 is 24.0 Å². The molecule has 0 saturated heterocycles. The molecule has 11 heavy (non-hydrogen) atoms. The van der Waals surface area contributed by atoms with Crippen LogP contribution in [0.25, 0.3) is 0 Å². The van der Waals surface area contributed by atoms with Crippen LogP contribution in [0, 0.1) is 5.92 Å². The number of thioether (sulfide) groups is 1. The summed E-state index contributed by atoms with van der Waals surface area (Å²) in [5.74, 6) is -1.25. The molecule has 3 N–H and O–H groups in total. The molecule has 64 valence electrons. The first-order valence-electron chi connectivity index (χ1n) is 3.06. The minimum absolute atomic E-state index is 0.455. The summed E-state index contributed by atoms with van der Waals surface area (Å²) in [5, 5.41) is 8.42. The first-order chi connectivity index (χ1) is 5.13. The van der Waals surface area contributed by atoms with Crippen LogP contribution in [0.15, 0.2) is 0 Å². The van der Waals surface area contributed by atoms with Gasteiger partial charge in [0.2, 0.25) is 0 Å². The normalized spacial score (nSPS) is 15.5. The molecule has 2 atom stereocenters. The zero-order valence-corrected chi connectivity index (χ0v) is 7.00. The van der Waals surface area contributed by atoms with E-state index in [-0.39, 0.29) is 0 Å². The van der Waals surface area contributed by atoms with Crippen molar-refractivity contribution in [1.82, 2.24) is 0 Å². The fraction of sp³-hybridized carbons (Fsp3) is 0.667. The second kappa shape index (κ2) is 5.15. The van der Waals surface area contributed by atoms with Crippen molar-refractivity contribution in [2.24, 2.45) is 11.7 Å². The molecule has 0 bridgehead atoms. The number of nitrogens with two attached hydrogens (primary N) is 1. The summed E-state index contributed by atoms with van der Waals surface area (Å²) in [6.45, 7) is 0. The molecule has 0 saturated carbocycles. The van der Waals surface area contributed by atoms with Crippen molar-refractivity contribution in [2.75, 3.05) is 12.0 Å². The topological polar surface area (TPSA) is 80.4 Å². The average Bonchev–Trinajstić information content (AvgIpc) is 1.98. The van der Waals surface area contributed by atoms with Crippen molar-refractivity contribution in [3.63, 3.8) is 0 Å². The van der Waals surface area contributed by atoms with Crippen LogP contribution in [0.3, 0.4) is 0 Å². The quantitative estimate of drug-likeness (QED) is 0.557. The molecule has 0 unspecified atom stereocenters. The summed E-state index contributed by atoms with van der Waals surface area (Å²) in [6.07, 6.45) is 2.39. The van der Waals surface area contributed by atoms with Gasteiger partial charge in [0.05, 0.1) is 0 Å². The largest absolute Gasteiger partial charge is 0.480 e. The summed E-state index contributed by atoms with van der Waals surface area (Å²) >= 11 is 1.41. The molecule has 0 fully saturated rings. The highest BCUT2D eigenvalue weighted by Crippen LogP contribution is 2.06.